The lowest BCUT2D eigenvalue weighted by Crippen LogP contribution is -2.30. The van der Waals surface area contributed by atoms with Crippen LogP contribution in [0.3, 0.4) is 0 Å². The molecule has 184 valence electrons. The van der Waals surface area contributed by atoms with E-state index in [1.54, 1.807) is 22.8 Å². The van der Waals surface area contributed by atoms with Crippen molar-refractivity contribution in [2.45, 2.75) is 36.6 Å². The molecule has 35 heavy (non-hydrogen) atoms. The van der Waals surface area contributed by atoms with Crippen LogP contribution in [-0.4, -0.2) is 48.1 Å². The highest BCUT2D eigenvalue weighted by Crippen LogP contribution is 2.35. The number of nitrogens with one attached hydrogen (secondary N) is 2. The molecule has 1 fully saturated rings. The van der Waals surface area contributed by atoms with E-state index in [1.807, 2.05) is 6.07 Å². The molecule has 0 radical (unpaired) electrons. The Kier molecular flexibility index (Phi) is 6.83. The molecular formula is C23H25N5O6S. The van der Waals surface area contributed by atoms with E-state index in [4.69, 9.17) is 0 Å². The van der Waals surface area contributed by atoms with Crippen molar-refractivity contribution in [2.75, 3.05) is 24.7 Å². The van der Waals surface area contributed by atoms with Gasteiger partial charge in [-0.1, -0.05) is 12.1 Å². The van der Waals surface area contributed by atoms with Crippen LogP contribution in [0, 0.1) is 10.1 Å². The highest BCUT2D eigenvalue weighted by Gasteiger charge is 2.28. The van der Waals surface area contributed by atoms with Gasteiger partial charge < -0.3 is 10.6 Å². The van der Waals surface area contributed by atoms with Gasteiger partial charge in [0, 0.05) is 44.3 Å². The van der Waals surface area contributed by atoms with Crippen LogP contribution in [-0.2, 0) is 21.1 Å². The lowest BCUT2D eigenvalue weighted by molar-refractivity contribution is -0.384. The standard InChI is InChI=1S/C23H25N5O6S/c1-35(33,34)16-8-9-19(20(14-16)28(31)32)24-12-13-25-22(29)11-10-21-26-18-5-3-2-4-17(18)23(30)27(21)15-6-7-15/h2-5,8-9,14-15,24H,6-7,10-13H2,1H3,(H,25,29). The van der Waals surface area contributed by atoms with E-state index < -0.39 is 14.8 Å². The maximum Gasteiger partial charge on any atom is 0.293 e. The van der Waals surface area contributed by atoms with E-state index in [9.17, 15) is 28.1 Å². The Labute approximate surface area is 201 Å². The minimum absolute atomic E-state index is 0.0822. The van der Waals surface area contributed by atoms with E-state index in [0.29, 0.717) is 23.1 Å². The monoisotopic (exact) mass is 499 g/mol. The van der Waals surface area contributed by atoms with Gasteiger partial charge in [0.15, 0.2) is 9.84 Å². The molecule has 1 heterocycles. The number of benzene rings is 2. The number of para-hydroxylation sites is 1. The molecule has 1 aliphatic rings. The lowest BCUT2D eigenvalue weighted by Gasteiger charge is -2.13. The number of hydrogen-bond donors (Lipinski definition) is 2. The molecule has 0 saturated heterocycles. The molecule has 4 rings (SSSR count). The van der Waals surface area contributed by atoms with Gasteiger partial charge in [-0.15, -0.1) is 0 Å². The second-order valence-corrected chi connectivity index (χ2v) is 10.5. The Morgan fingerprint density at radius 3 is 2.63 bits per heavy atom. The number of sulfone groups is 1. The molecule has 1 amide bonds. The zero-order valence-corrected chi connectivity index (χ0v) is 19.9. The predicted molar refractivity (Wildman–Crippen MR) is 130 cm³/mol. The van der Waals surface area contributed by atoms with E-state index in [2.05, 4.69) is 15.6 Å². The minimum Gasteiger partial charge on any atom is -0.378 e. The first kappa shape index (κ1) is 24.3. The molecule has 1 aliphatic carbocycles. The smallest absolute Gasteiger partial charge is 0.293 e. The number of aromatic nitrogens is 2. The Morgan fingerprint density at radius 1 is 1.20 bits per heavy atom. The second kappa shape index (κ2) is 9.82. The highest BCUT2D eigenvalue weighted by atomic mass is 32.2. The third-order valence-electron chi connectivity index (χ3n) is 5.73. The molecule has 3 aromatic rings. The van der Waals surface area contributed by atoms with Gasteiger partial charge in [-0.25, -0.2) is 13.4 Å². The van der Waals surface area contributed by atoms with Crippen LogP contribution in [0.5, 0.6) is 0 Å². The van der Waals surface area contributed by atoms with Gasteiger partial charge >= 0.3 is 0 Å². The molecule has 0 spiro atoms. The quantitative estimate of drug-likeness (QED) is 0.245. The number of anilines is 1. The van der Waals surface area contributed by atoms with E-state index >= 15 is 0 Å². The number of aryl methyl sites for hydroxylation is 1. The molecule has 12 heteroatoms. The summed E-state index contributed by atoms with van der Waals surface area (Å²) in [6.07, 6.45) is 3.27. The van der Waals surface area contributed by atoms with Crippen molar-refractivity contribution >= 4 is 38.0 Å². The highest BCUT2D eigenvalue weighted by molar-refractivity contribution is 7.90. The molecule has 0 aliphatic heterocycles. The number of amides is 1. The van der Waals surface area contributed by atoms with Gasteiger partial charge in [-0.3, -0.25) is 24.3 Å². The molecule has 2 N–H and O–H groups in total. The van der Waals surface area contributed by atoms with Crippen molar-refractivity contribution < 1.29 is 18.1 Å². The maximum absolute atomic E-state index is 12.9. The van der Waals surface area contributed by atoms with Crippen molar-refractivity contribution in [1.82, 2.24) is 14.9 Å². The number of carbonyl (C=O) groups excluding carboxylic acids is 1. The van der Waals surface area contributed by atoms with Crippen LogP contribution in [0.15, 0.2) is 52.2 Å². The summed E-state index contributed by atoms with van der Waals surface area (Å²) >= 11 is 0. The molecule has 0 bridgehead atoms. The third kappa shape index (κ3) is 5.65. The predicted octanol–water partition coefficient (Wildman–Crippen LogP) is 2.20. The Bertz CT molecular complexity index is 1460. The van der Waals surface area contributed by atoms with Gasteiger partial charge in [0.2, 0.25) is 5.91 Å². The maximum atomic E-state index is 12.9. The normalized spacial score (nSPS) is 13.5. The average Bonchev–Trinajstić information content (AvgIpc) is 3.65. The molecule has 0 atom stereocenters. The summed E-state index contributed by atoms with van der Waals surface area (Å²) in [5, 5.41) is 17.5. The zero-order valence-electron chi connectivity index (χ0n) is 19.1. The summed E-state index contributed by atoms with van der Waals surface area (Å²) in [6.45, 7) is 0.399. The van der Waals surface area contributed by atoms with E-state index in [0.717, 1.165) is 25.2 Å². The van der Waals surface area contributed by atoms with Crippen LogP contribution in [0.25, 0.3) is 10.9 Å². The van der Waals surface area contributed by atoms with Crippen molar-refractivity contribution in [3.8, 4) is 0 Å². The van der Waals surface area contributed by atoms with Crippen molar-refractivity contribution in [3.63, 3.8) is 0 Å². The number of nitro benzene ring substituents is 1. The van der Waals surface area contributed by atoms with Gasteiger partial charge in [0.05, 0.1) is 20.7 Å². The van der Waals surface area contributed by atoms with Gasteiger partial charge in [0.1, 0.15) is 11.5 Å². The Hall–Kier alpha value is -3.80. The van der Waals surface area contributed by atoms with E-state index in [-0.39, 0.29) is 53.3 Å². The van der Waals surface area contributed by atoms with Crippen LogP contribution in [0.2, 0.25) is 0 Å². The van der Waals surface area contributed by atoms with Crippen LogP contribution in [0.1, 0.15) is 31.1 Å². The molecular weight excluding hydrogens is 474 g/mol. The summed E-state index contributed by atoms with van der Waals surface area (Å²) in [6, 6.07) is 10.9. The largest absolute Gasteiger partial charge is 0.378 e. The molecule has 0 unspecified atom stereocenters. The van der Waals surface area contributed by atoms with Gasteiger partial charge in [-0.05, 0) is 37.1 Å². The topological polar surface area (TPSA) is 153 Å². The second-order valence-electron chi connectivity index (χ2n) is 8.44. The van der Waals surface area contributed by atoms with Crippen LogP contribution >= 0.6 is 0 Å². The van der Waals surface area contributed by atoms with Gasteiger partial charge in [-0.2, -0.15) is 0 Å². The summed E-state index contributed by atoms with van der Waals surface area (Å²) < 4.78 is 25.0. The molecule has 1 saturated carbocycles. The average molecular weight is 500 g/mol. The Morgan fingerprint density at radius 2 is 1.94 bits per heavy atom. The first-order chi connectivity index (χ1) is 16.6. The van der Waals surface area contributed by atoms with Crippen molar-refractivity contribution in [1.29, 1.82) is 0 Å². The summed E-state index contributed by atoms with van der Waals surface area (Å²) in [5.74, 6) is 0.351. The third-order valence-corrected chi connectivity index (χ3v) is 6.84. The van der Waals surface area contributed by atoms with Crippen molar-refractivity contribution in [3.05, 3.63) is 68.8 Å². The van der Waals surface area contributed by atoms with Crippen molar-refractivity contribution in [2.24, 2.45) is 0 Å². The van der Waals surface area contributed by atoms with Crippen LogP contribution < -0.4 is 16.2 Å². The number of nitro groups is 1. The Balaban J connectivity index is 1.34. The first-order valence-corrected chi connectivity index (χ1v) is 13.0. The lowest BCUT2D eigenvalue weighted by atomic mass is 10.2. The number of hydrogen-bond acceptors (Lipinski definition) is 8. The minimum atomic E-state index is -3.58. The fourth-order valence-electron chi connectivity index (χ4n) is 3.83. The molecule has 11 nitrogen and oxygen atoms in total. The number of rotatable bonds is 10. The fourth-order valence-corrected chi connectivity index (χ4v) is 4.47. The SMILES string of the molecule is CS(=O)(=O)c1ccc(NCCNC(=O)CCc2nc3ccccc3c(=O)n2C2CC2)c([N+](=O)[O-])c1. The number of carbonyl (C=O) groups is 1. The summed E-state index contributed by atoms with van der Waals surface area (Å²) in [5.41, 5.74) is 0.323. The summed E-state index contributed by atoms with van der Waals surface area (Å²) in [4.78, 5) is 40.4. The summed E-state index contributed by atoms with van der Waals surface area (Å²) in [7, 11) is -3.58. The fraction of sp³-hybridized carbons (Fsp3) is 0.348. The molecule has 1 aromatic heterocycles. The van der Waals surface area contributed by atoms with Gasteiger partial charge in [0.25, 0.3) is 11.2 Å². The zero-order chi connectivity index (χ0) is 25.2. The molecule has 2 aromatic carbocycles. The van der Waals surface area contributed by atoms with Crippen LogP contribution in [0.4, 0.5) is 11.4 Å². The van der Waals surface area contributed by atoms with E-state index in [1.165, 1.54) is 12.1 Å². The number of nitrogens with zero attached hydrogens (tertiary/aromatic N) is 3. The first-order valence-electron chi connectivity index (χ1n) is 11.1. The number of fused-ring (bicyclic) bond motifs is 1.